The molecule has 0 saturated carbocycles. The molecule has 1 atom stereocenters. The van der Waals surface area contributed by atoms with Gasteiger partial charge in [0, 0.05) is 25.1 Å². The largest absolute Gasteiger partial charge is 0.464 e. The number of ether oxygens (including phenoxy) is 1. The molecule has 0 N–H and O–H groups in total. The zero-order valence-electron chi connectivity index (χ0n) is 14.0. The second-order valence-electron chi connectivity index (χ2n) is 6.05. The van der Waals surface area contributed by atoms with Gasteiger partial charge in [-0.05, 0) is 31.0 Å². The Morgan fingerprint density at radius 3 is 2.92 bits per heavy atom. The average Bonchev–Trinajstić information content (AvgIpc) is 3.06. The van der Waals surface area contributed by atoms with E-state index in [2.05, 4.69) is 0 Å². The van der Waals surface area contributed by atoms with Gasteiger partial charge in [-0.15, -0.1) is 0 Å². The van der Waals surface area contributed by atoms with E-state index in [4.69, 9.17) is 9.15 Å². The fourth-order valence-electron chi connectivity index (χ4n) is 2.99. The van der Waals surface area contributed by atoms with Crippen LogP contribution < -0.4 is 0 Å². The van der Waals surface area contributed by atoms with Gasteiger partial charge < -0.3 is 14.1 Å². The van der Waals surface area contributed by atoms with Gasteiger partial charge >= 0.3 is 0 Å². The molecule has 0 spiro atoms. The molecule has 1 aliphatic heterocycles. The highest BCUT2D eigenvalue weighted by atomic mass is 16.6. The predicted octanol–water partition coefficient (Wildman–Crippen LogP) is 3.03. The molecular formula is C18H20N2O5. The van der Waals surface area contributed by atoms with Crippen LogP contribution in [0.1, 0.15) is 29.5 Å². The van der Waals surface area contributed by atoms with Crippen LogP contribution in [0.4, 0.5) is 5.69 Å². The van der Waals surface area contributed by atoms with Crippen molar-refractivity contribution in [3.8, 4) is 0 Å². The highest BCUT2D eigenvalue weighted by Gasteiger charge is 2.30. The molecule has 1 aliphatic rings. The maximum atomic E-state index is 12.7. The lowest BCUT2D eigenvalue weighted by atomic mass is 10.1. The molecule has 7 heteroatoms. The SMILES string of the molecule is Cc1ccc([C@@H]2COCCN2C(=O)CCc2cccc([N+](=O)[O-])c2)o1. The Balaban J connectivity index is 1.66. The van der Waals surface area contributed by atoms with Crippen molar-refractivity contribution >= 4 is 11.6 Å². The molecule has 1 aromatic heterocycles. The number of non-ortho nitro benzene ring substituents is 1. The Morgan fingerprint density at radius 2 is 2.20 bits per heavy atom. The minimum absolute atomic E-state index is 0.00569. The summed E-state index contributed by atoms with van der Waals surface area (Å²) in [5.41, 5.74) is 0.821. The number of aryl methyl sites for hydroxylation is 2. The van der Waals surface area contributed by atoms with Crippen LogP contribution in [-0.4, -0.2) is 35.5 Å². The molecule has 0 bridgehead atoms. The van der Waals surface area contributed by atoms with E-state index in [1.807, 2.05) is 19.1 Å². The first kappa shape index (κ1) is 17.2. The highest BCUT2D eigenvalue weighted by Crippen LogP contribution is 2.27. The molecule has 1 saturated heterocycles. The molecule has 2 aromatic rings. The standard InChI is InChI=1S/C18H20N2O5/c1-13-5-7-17(25-13)16-12-24-10-9-19(16)18(21)8-6-14-3-2-4-15(11-14)20(22)23/h2-5,7,11,16H,6,8-10,12H2,1H3/t16-/m0/s1. The van der Waals surface area contributed by atoms with Crippen molar-refractivity contribution in [2.75, 3.05) is 19.8 Å². The molecule has 0 aliphatic carbocycles. The van der Waals surface area contributed by atoms with Gasteiger partial charge in [-0.2, -0.15) is 0 Å². The average molecular weight is 344 g/mol. The van der Waals surface area contributed by atoms with Gasteiger partial charge in [-0.1, -0.05) is 12.1 Å². The lowest BCUT2D eigenvalue weighted by Crippen LogP contribution is -2.43. The van der Waals surface area contributed by atoms with Crippen molar-refractivity contribution in [1.29, 1.82) is 0 Å². The maximum Gasteiger partial charge on any atom is 0.269 e. The van der Waals surface area contributed by atoms with Gasteiger partial charge in [-0.25, -0.2) is 0 Å². The Hall–Kier alpha value is -2.67. The number of hydrogen-bond acceptors (Lipinski definition) is 5. The molecular weight excluding hydrogens is 324 g/mol. The normalized spacial score (nSPS) is 17.5. The Kier molecular flexibility index (Phi) is 5.14. The zero-order valence-corrected chi connectivity index (χ0v) is 14.0. The van der Waals surface area contributed by atoms with Crippen LogP contribution in [0, 0.1) is 17.0 Å². The van der Waals surface area contributed by atoms with Crippen molar-refractivity contribution in [3.63, 3.8) is 0 Å². The summed E-state index contributed by atoms with van der Waals surface area (Å²) in [6.07, 6.45) is 0.749. The Morgan fingerprint density at radius 1 is 1.36 bits per heavy atom. The maximum absolute atomic E-state index is 12.7. The van der Waals surface area contributed by atoms with Gasteiger partial charge in [0.25, 0.3) is 5.69 Å². The minimum Gasteiger partial charge on any atom is -0.464 e. The van der Waals surface area contributed by atoms with Crippen molar-refractivity contribution in [1.82, 2.24) is 4.90 Å². The number of nitrogens with zero attached hydrogens (tertiary/aromatic N) is 2. The molecule has 1 aromatic carbocycles. The Labute approximate surface area is 145 Å². The zero-order chi connectivity index (χ0) is 17.8. The summed E-state index contributed by atoms with van der Waals surface area (Å²) in [5.74, 6) is 1.51. The number of benzene rings is 1. The van der Waals surface area contributed by atoms with E-state index in [0.717, 1.165) is 17.1 Å². The minimum atomic E-state index is -0.428. The van der Waals surface area contributed by atoms with E-state index < -0.39 is 4.92 Å². The number of morpholine rings is 1. The predicted molar refractivity (Wildman–Crippen MR) is 90.1 cm³/mol. The number of amides is 1. The van der Waals surface area contributed by atoms with Gasteiger partial charge in [0.05, 0.1) is 18.1 Å². The molecule has 7 nitrogen and oxygen atoms in total. The third-order valence-corrected chi connectivity index (χ3v) is 4.29. The topological polar surface area (TPSA) is 85.8 Å². The lowest BCUT2D eigenvalue weighted by Gasteiger charge is -2.34. The molecule has 0 radical (unpaired) electrons. The third-order valence-electron chi connectivity index (χ3n) is 4.29. The van der Waals surface area contributed by atoms with Crippen LogP contribution in [0.5, 0.6) is 0 Å². The van der Waals surface area contributed by atoms with Crippen LogP contribution in [0.15, 0.2) is 40.8 Å². The van der Waals surface area contributed by atoms with Gasteiger partial charge in [0.2, 0.25) is 5.91 Å². The molecule has 1 amide bonds. The van der Waals surface area contributed by atoms with E-state index >= 15 is 0 Å². The third kappa shape index (κ3) is 4.06. The summed E-state index contributed by atoms with van der Waals surface area (Å²) in [4.78, 5) is 24.9. The monoisotopic (exact) mass is 344 g/mol. The molecule has 0 unspecified atom stereocenters. The molecule has 25 heavy (non-hydrogen) atoms. The first-order chi connectivity index (χ1) is 12.0. The molecule has 3 rings (SSSR count). The molecule has 2 heterocycles. The number of furan rings is 1. The van der Waals surface area contributed by atoms with Gasteiger partial charge in [0.1, 0.15) is 17.6 Å². The van der Waals surface area contributed by atoms with E-state index in [1.165, 1.54) is 12.1 Å². The summed E-state index contributed by atoms with van der Waals surface area (Å²) in [5, 5.41) is 10.8. The van der Waals surface area contributed by atoms with Crippen LogP contribution in [0.2, 0.25) is 0 Å². The summed E-state index contributed by atoms with van der Waals surface area (Å²) < 4.78 is 11.2. The van der Waals surface area contributed by atoms with Crippen molar-refractivity contribution in [3.05, 3.63) is 63.6 Å². The number of nitro groups is 1. The number of carbonyl (C=O) groups is 1. The van der Waals surface area contributed by atoms with Crippen molar-refractivity contribution < 1.29 is 18.9 Å². The fourth-order valence-corrected chi connectivity index (χ4v) is 2.99. The van der Waals surface area contributed by atoms with E-state index in [1.54, 1.807) is 17.0 Å². The second-order valence-corrected chi connectivity index (χ2v) is 6.05. The number of rotatable bonds is 5. The molecule has 132 valence electrons. The summed E-state index contributed by atoms with van der Waals surface area (Å²) in [6.45, 7) is 3.29. The van der Waals surface area contributed by atoms with Crippen LogP contribution >= 0.6 is 0 Å². The first-order valence-electron chi connectivity index (χ1n) is 8.21. The van der Waals surface area contributed by atoms with Gasteiger partial charge in [0.15, 0.2) is 0 Å². The summed E-state index contributed by atoms with van der Waals surface area (Å²) in [7, 11) is 0. The van der Waals surface area contributed by atoms with Crippen molar-refractivity contribution in [2.24, 2.45) is 0 Å². The molecule has 1 fully saturated rings. The Bertz CT molecular complexity index is 770. The van der Waals surface area contributed by atoms with E-state index in [9.17, 15) is 14.9 Å². The van der Waals surface area contributed by atoms with Crippen LogP contribution in [0.25, 0.3) is 0 Å². The fraction of sp³-hybridized carbons (Fsp3) is 0.389. The number of carbonyl (C=O) groups excluding carboxylic acids is 1. The number of nitro benzene ring substituents is 1. The summed E-state index contributed by atoms with van der Waals surface area (Å²) in [6, 6.07) is 9.92. The number of hydrogen-bond donors (Lipinski definition) is 0. The lowest BCUT2D eigenvalue weighted by molar-refractivity contribution is -0.384. The van der Waals surface area contributed by atoms with E-state index in [-0.39, 0.29) is 24.1 Å². The van der Waals surface area contributed by atoms with Crippen LogP contribution in [-0.2, 0) is 16.0 Å². The first-order valence-corrected chi connectivity index (χ1v) is 8.21. The van der Waals surface area contributed by atoms with Crippen LogP contribution in [0.3, 0.4) is 0 Å². The smallest absolute Gasteiger partial charge is 0.269 e. The van der Waals surface area contributed by atoms with E-state index in [0.29, 0.717) is 26.2 Å². The van der Waals surface area contributed by atoms with Crippen molar-refractivity contribution in [2.45, 2.75) is 25.8 Å². The second kappa shape index (κ2) is 7.48. The highest BCUT2D eigenvalue weighted by molar-refractivity contribution is 5.77. The van der Waals surface area contributed by atoms with Gasteiger partial charge in [-0.3, -0.25) is 14.9 Å². The summed E-state index contributed by atoms with van der Waals surface area (Å²) >= 11 is 0. The quantitative estimate of drug-likeness (QED) is 0.615.